The van der Waals surface area contributed by atoms with Crippen molar-refractivity contribution in [3.63, 3.8) is 0 Å². The van der Waals surface area contributed by atoms with Crippen LogP contribution in [0.25, 0.3) is 0 Å². The molecule has 0 aromatic rings. The van der Waals surface area contributed by atoms with Crippen LogP contribution in [0.4, 0.5) is 0 Å². The van der Waals surface area contributed by atoms with Gasteiger partial charge in [-0.05, 0) is 5.92 Å². The lowest BCUT2D eigenvalue weighted by Gasteiger charge is -2.11. The standard InChI is InChI=1S/C8H16O/c1-5-8(9)7(4)6(2)3/h6-7H,5H2,1-4H3/t7-/m0/s1. The third-order valence-electron chi connectivity index (χ3n) is 1.86. The monoisotopic (exact) mass is 128 g/mol. The van der Waals surface area contributed by atoms with Crippen LogP contribution in [0.3, 0.4) is 0 Å². The zero-order valence-corrected chi connectivity index (χ0v) is 6.77. The van der Waals surface area contributed by atoms with Gasteiger partial charge in [0, 0.05) is 12.3 Å². The minimum Gasteiger partial charge on any atom is -0.299 e. The fraction of sp³-hybridized carbons (Fsp3) is 0.875. The summed E-state index contributed by atoms with van der Waals surface area (Å²) in [7, 11) is 0. The van der Waals surface area contributed by atoms with Crippen molar-refractivity contribution in [3.05, 3.63) is 0 Å². The highest BCUT2D eigenvalue weighted by Crippen LogP contribution is 2.11. The normalized spacial score (nSPS) is 13.9. The van der Waals surface area contributed by atoms with Crippen molar-refractivity contribution in [2.45, 2.75) is 34.1 Å². The van der Waals surface area contributed by atoms with Crippen LogP contribution in [-0.4, -0.2) is 5.78 Å². The van der Waals surface area contributed by atoms with Crippen LogP contribution in [0.5, 0.6) is 0 Å². The van der Waals surface area contributed by atoms with E-state index < -0.39 is 0 Å². The summed E-state index contributed by atoms with van der Waals surface area (Å²) in [4.78, 5) is 11.0. The number of carbonyl (C=O) groups is 1. The molecule has 0 bridgehead atoms. The SMILES string of the molecule is CCC(=O)[C@@H](C)C(C)C. The number of carbonyl (C=O) groups excluding carboxylic acids is 1. The van der Waals surface area contributed by atoms with Crippen LogP contribution in [0.15, 0.2) is 0 Å². The number of hydrogen-bond acceptors (Lipinski definition) is 1. The van der Waals surface area contributed by atoms with Crippen molar-refractivity contribution in [2.75, 3.05) is 0 Å². The average molecular weight is 128 g/mol. The topological polar surface area (TPSA) is 17.1 Å². The maximum absolute atomic E-state index is 11.0. The van der Waals surface area contributed by atoms with Gasteiger partial charge in [0.05, 0.1) is 0 Å². The van der Waals surface area contributed by atoms with Crippen molar-refractivity contribution >= 4 is 5.78 Å². The fourth-order valence-electron chi connectivity index (χ4n) is 0.694. The van der Waals surface area contributed by atoms with Crippen LogP contribution in [0.1, 0.15) is 34.1 Å². The van der Waals surface area contributed by atoms with Gasteiger partial charge in [0.25, 0.3) is 0 Å². The van der Waals surface area contributed by atoms with Gasteiger partial charge in [-0.15, -0.1) is 0 Å². The van der Waals surface area contributed by atoms with E-state index in [0.717, 1.165) is 0 Å². The first-order valence-electron chi connectivity index (χ1n) is 3.62. The molecule has 0 saturated carbocycles. The molecule has 0 heterocycles. The van der Waals surface area contributed by atoms with Crippen molar-refractivity contribution in [2.24, 2.45) is 11.8 Å². The van der Waals surface area contributed by atoms with Crippen molar-refractivity contribution in [1.82, 2.24) is 0 Å². The Hall–Kier alpha value is -0.330. The van der Waals surface area contributed by atoms with E-state index in [4.69, 9.17) is 0 Å². The van der Waals surface area contributed by atoms with Crippen LogP contribution < -0.4 is 0 Å². The van der Waals surface area contributed by atoms with Crippen molar-refractivity contribution < 1.29 is 4.79 Å². The van der Waals surface area contributed by atoms with Gasteiger partial charge in [0.1, 0.15) is 5.78 Å². The molecule has 1 heteroatoms. The molecule has 0 aliphatic rings. The van der Waals surface area contributed by atoms with Gasteiger partial charge in [-0.2, -0.15) is 0 Å². The largest absolute Gasteiger partial charge is 0.299 e. The molecule has 0 radical (unpaired) electrons. The first-order chi connectivity index (χ1) is 4.09. The summed E-state index contributed by atoms with van der Waals surface area (Å²) in [5.41, 5.74) is 0. The van der Waals surface area contributed by atoms with Crippen LogP contribution in [-0.2, 0) is 4.79 Å². The van der Waals surface area contributed by atoms with Gasteiger partial charge < -0.3 is 0 Å². The Kier molecular flexibility index (Phi) is 3.52. The van der Waals surface area contributed by atoms with Gasteiger partial charge in [-0.3, -0.25) is 4.79 Å². The summed E-state index contributed by atoms with van der Waals surface area (Å²) >= 11 is 0. The highest BCUT2D eigenvalue weighted by Gasteiger charge is 2.13. The number of ketones is 1. The highest BCUT2D eigenvalue weighted by atomic mass is 16.1. The Morgan fingerprint density at radius 2 is 1.78 bits per heavy atom. The molecule has 9 heavy (non-hydrogen) atoms. The summed E-state index contributed by atoms with van der Waals surface area (Å²) in [5.74, 6) is 1.12. The summed E-state index contributed by atoms with van der Waals surface area (Å²) < 4.78 is 0. The van der Waals surface area contributed by atoms with E-state index in [0.29, 0.717) is 18.1 Å². The molecule has 0 N–H and O–H groups in total. The van der Waals surface area contributed by atoms with E-state index in [1.807, 2.05) is 13.8 Å². The van der Waals surface area contributed by atoms with E-state index in [1.54, 1.807) is 0 Å². The second kappa shape index (κ2) is 3.65. The van der Waals surface area contributed by atoms with E-state index in [1.165, 1.54) is 0 Å². The third kappa shape index (κ3) is 2.64. The molecular formula is C8H16O. The van der Waals surface area contributed by atoms with Gasteiger partial charge in [-0.25, -0.2) is 0 Å². The van der Waals surface area contributed by atoms with Gasteiger partial charge >= 0.3 is 0 Å². The molecule has 0 spiro atoms. The molecule has 0 unspecified atom stereocenters. The maximum atomic E-state index is 11.0. The number of rotatable bonds is 3. The van der Waals surface area contributed by atoms with Crippen molar-refractivity contribution in [3.8, 4) is 0 Å². The quantitative estimate of drug-likeness (QED) is 0.569. The molecule has 0 aliphatic heterocycles. The molecular weight excluding hydrogens is 112 g/mol. The Morgan fingerprint density at radius 1 is 1.33 bits per heavy atom. The van der Waals surface area contributed by atoms with E-state index >= 15 is 0 Å². The lowest BCUT2D eigenvalue weighted by Crippen LogP contribution is -2.15. The third-order valence-corrected chi connectivity index (χ3v) is 1.86. The Bertz CT molecular complexity index is 94.7. The van der Waals surface area contributed by atoms with Crippen LogP contribution in [0, 0.1) is 11.8 Å². The van der Waals surface area contributed by atoms with E-state index in [9.17, 15) is 4.79 Å². The lowest BCUT2D eigenvalue weighted by molar-refractivity contribution is -0.123. The predicted octanol–water partition coefficient (Wildman–Crippen LogP) is 2.26. The molecule has 0 fully saturated rings. The molecule has 1 atom stereocenters. The Balaban J connectivity index is 3.72. The zero-order valence-electron chi connectivity index (χ0n) is 6.77. The van der Waals surface area contributed by atoms with Gasteiger partial charge in [0.15, 0.2) is 0 Å². The molecule has 0 aliphatic carbocycles. The fourth-order valence-corrected chi connectivity index (χ4v) is 0.694. The lowest BCUT2D eigenvalue weighted by atomic mass is 9.92. The average Bonchev–Trinajstić information content (AvgIpc) is 1.84. The van der Waals surface area contributed by atoms with Crippen LogP contribution >= 0.6 is 0 Å². The van der Waals surface area contributed by atoms with E-state index in [2.05, 4.69) is 13.8 Å². The highest BCUT2D eigenvalue weighted by molar-refractivity contribution is 5.80. The molecule has 0 amide bonds. The zero-order chi connectivity index (χ0) is 7.44. The number of Topliss-reactive ketones (excluding diaryl/α,β-unsaturated/α-hetero) is 1. The Morgan fingerprint density at radius 3 is 1.89 bits per heavy atom. The summed E-state index contributed by atoms with van der Waals surface area (Å²) in [6.45, 7) is 8.08. The minimum atomic E-state index is 0.245. The van der Waals surface area contributed by atoms with Crippen LogP contribution in [0.2, 0.25) is 0 Å². The molecule has 54 valence electrons. The summed E-state index contributed by atoms with van der Waals surface area (Å²) in [5, 5.41) is 0. The van der Waals surface area contributed by atoms with Crippen molar-refractivity contribution in [1.29, 1.82) is 0 Å². The first-order valence-corrected chi connectivity index (χ1v) is 3.62. The molecule has 1 nitrogen and oxygen atoms in total. The van der Waals surface area contributed by atoms with Gasteiger partial charge in [0.2, 0.25) is 0 Å². The molecule has 0 saturated heterocycles. The van der Waals surface area contributed by atoms with E-state index in [-0.39, 0.29) is 5.92 Å². The summed E-state index contributed by atoms with van der Waals surface area (Å²) in [6, 6.07) is 0. The second-order valence-corrected chi connectivity index (χ2v) is 2.85. The smallest absolute Gasteiger partial charge is 0.135 e. The Labute approximate surface area is 57.5 Å². The summed E-state index contributed by atoms with van der Waals surface area (Å²) in [6.07, 6.45) is 0.680. The predicted molar refractivity (Wildman–Crippen MR) is 39.3 cm³/mol. The van der Waals surface area contributed by atoms with Gasteiger partial charge in [-0.1, -0.05) is 27.7 Å². The molecule has 0 rings (SSSR count). The first kappa shape index (κ1) is 8.67. The maximum Gasteiger partial charge on any atom is 0.135 e. The minimum absolute atomic E-state index is 0.245. The second-order valence-electron chi connectivity index (χ2n) is 2.85. The molecule has 0 aromatic heterocycles. The molecule has 0 aromatic carbocycles. The number of hydrogen-bond donors (Lipinski definition) is 0.